The number of hydrogen-bond donors (Lipinski definition) is 2. The number of carboxylic acid groups (broad SMARTS) is 1. The number of benzene rings is 2. The SMILES string of the molecule is CC(C)(C)C1[C@H](Nc2ncc3c(n2)-c2ccccc2[C@@H](c2ccc(Cl)c(Cl)c2)C3)CCCN1C(=O)O. The Labute approximate surface area is 221 Å². The Hall–Kier alpha value is -2.83. The summed E-state index contributed by atoms with van der Waals surface area (Å²) in [6.07, 6.45) is 3.44. The third-order valence-corrected chi connectivity index (χ3v) is 8.04. The van der Waals surface area contributed by atoms with Crippen LogP contribution in [0.4, 0.5) is 10.7 Å². The average Bonchev–Trinajstić information content (AvgIpc) is 2.84. The second-order valence-corrected chi connectivity index (χ2v) is 11.6. The van der Waals surface area contributed by atoms with E-state index in [4.69, 9.17) is 28.2 Å². The Morgan fingerprint density at radius 2 is 1.92 bits per heavy atom. The van der Waals surface area contributed by atoms with Gasteiger partial charge in [-0.2, -0.15) is 0 Å². The molecule has 1 aromatic heterocycles. The maximum atomic E-state index is 12.0. The highest BCUT2D eigenvalue weighted by Crippen LogP contribution is 2.43. The van der Waals surface area contributed by atoms with E-state index in [0.717, 1.165) is 41.6 Å². The monoisotopic (exact) mass is 524 g/mol. The molecule has 2 heterocycles. The fourth-order valence-electron chi connectivity index (χ4n) is 5.83. The molecule has 0 spiro atoms. The van der Waals surface area contributed by atoms with E-state index in [1.807, 2.05) is 36.5 Å². The summed E-state index contributed by atoms with van der Waals surface area (Å²) in [5.41, 5.74) is 5.12. The number of nitrogens with zero attached hydrogens (tertiary/aromatic N) is 3. The summed E-state index contributed by atoms with van der Waals surface area (Å²) in [5, 5.41) is 14.4. The fourth-order valence-corrected chi connectivity index (χ4v) is 6.14. The van der Waals surface area contributed by atoms with Gasteiger partial charge in [-0.3, -0.25) is 0 Å². The molecule has 1 aliphatic heterocycles. The lowest BCUT2D eigenvalue weighted by Crippen LogP contribution is -2.58. The first kappa shape index (κ1) is 24.8. The van der Waals surface area contributed by atoms with Crippen molar-refractivity contribution in [1.29, 1.82) is 0 Å². The predicted molar refractivity (Wildman–Crippen MR) is 144 cm³/mol. The zero-order valence-corrected chi connectivity index (χ0v) is 22.1. The Morgan fingerprint density at radius 3 is 2.64 bits per heavy atom. The number of likely N-dealkylation sites (tertiary alicyclic amines) is 1. The van der Waals surface area contributed by atoms with Crippen LogP contribution in [0, 0.1) is 5.41 Å². The minimum Gasteiger partial charge on any atom is -0.465 e. The highest BCUT2D eigenvalue weighted by Gasteiger charge is 2.42. The smallest absolute Gasteiger partial charge is 0.407 e. The van der Waals surface area contributed by atoms with E-state index in [1.54, 1.807) is 4.90 Å². The first-order valence-corrected chi connectivity index (χ1v) is 13.1. The van der Waals surface area contributed by atoms with Gasteiger partial charge in [-0.25, -0.2) is 14.8 Å². The van der Waals surface area contributed by atoms with Crippen LogP contribution in [0.3, 0.4) is 0 Å². The molecule has 0 saturated carbocycles. The fraction of sp³-hybridized carbons (Fsp3) is 0.393. The maximum absolute atomic E-state index is 12.0. The van der Waals surface area contributed by atoms with Gasteiger partial charge in [0.05, 0.1) is 27.8 Å². The van der Waals surface area contributed by atoms with Crippen molar-refractivity contribution in [3.63, 3.8) is 0 Å². The number of carbonyl (C=O) groups is 1. The van der Waals surface area contributed by atoms with Crippen LogP contribution >= 0.6 is 23.2 Å². The van der Waals surface area contributed by atoms with Crippen molar-refractivity contribution in [3.05, 3.63) is 75.4 Å². The first-order chi connectivity index (χ1) is 17.1. The second kappa shape index (κ2) is 9.56. The van der Waals surface area contributed by atoms with E-state index in [2.05, 4.69) is 43.2 Å². The molecule has 1 aliphatic carbocycles. The van der Waals surface area contributed by atoms with Crippen LogP contribution in [-0.4, -0.2) is 44.7 Å². The Balaban J connectivity index is 1.49. The molecular formula is C28H30Cl2N4O2. The van der Waals surface area contributed by atoms with E-state index in [9.17, 15) is 9.90 Å². The Bertz CT molecular complexity index is 1310. The number of anilines is 1. The molecule has 1 unspecified atom stereocenters. The molecule has 1 amide bonds. The van der Waals surface area contributed by atoms with Gasteiger partial charge in [0.25, 0.3) is 0 Å². The molecule has 2 aliphatic rings. The quantitative estimate of drug-likeness (QED) is 0.381. The van der Waals surface area contributed by atoms with Crippen molar-refractivity contribution in [2.75, 3.05) is 11.9 Å². The lowest BCUT2D eigenvalue weighted by molar-refractivity contribution is 0.0517. The third kappa shape index (κ3) is 4.64. The molecule has 1 saturated heterocycles. The standard InChI is InChI=1S/C28H30Cl2N4O2/c1-28(2,3)25-23(9-6-12-34(25)27(35)36)32-26-31-15-17-13-20(16-10-11-21(29)22(30)14-16)18-7-4-5-8-19(18)24(17)33-26/h4-5,7-8,10-11,14-15,20,23,25H,6,9,12-13H2,1-3H3,(H,35,36)(H,31,32,33)/t20-,23-,25?/m1/s1. The summed E-state index contributed by atoms with van der Waals surface area (Å²) in [6, 6.07) is 13.9. The molecule has 36 heavy (non-hydrogen) atoms. The Morgan fingerprint density at radius 1 is 1.14 bits per heavy atom. The molecule has 1 fully saturated rings. The summed E-state index contributed by atoms with van der Waals surface area (Å²) < 4.78 is 0. The number of rotatable bonds is 3. The second-order valence-electron chi connectivity index (χ2n) is 10.8. The molecule has 188 valence electrons. The van der Waals surface area contributed by atoms with Gasteiger partial charge < -0.3 is 15.3 Å². The largest absolute Gasteiger partial charge is 0.465 e. The Kier molecular flexibility index (Phi) is 6.60. The molecule has 5 rings (SSSR count). The number of fused-ring (bicyclic) bond motifs is 3. The number of amides is 1. The summed E-state index contributed by atoms with van der Waals surface area (Å²) in [5.74, 6) is 0.654. The lowest BCUT2D eigenvalue weighted by atomic mass is 9.77. The van der Waals surface area contributed by atoms with Gasteiger partial charge in [-0.1, -0.05) is 74.3 Å². The van der Waals surface area contributed by atoms with Gasteiger partial charge in [0.15, 0.2) is 0 Å². The van der Waals surface area contributed by atoms with Crippen molar-refractivity contribution >= 4 is 35.2 Å². The molecule has 0 radical (unpaired) electrons. The van der Waals surface area contributed by atoms with Crippen LogP contribution in [0.5, 0.6) is 0 Å². The van der Waals surface area contributed by atoms with Gasteiger partial charge in [-0.05, 0) is 53.5 Å². The van der Waals surface area contributed by atoms with E-state index < -0.39 is 6.09 Å². The summed E-state index contributed by atoms with van der Waals surface area (Å²) in [7, 11) is 0. The predicted octanol–water partition coefficient (Wildman–Crippen LogP) is 7.11. The van der Waals surface area contributed by atoms with Crippen molar-refractivity contribution in [2.45, 2.75) is 58.0 Å². The molecule has 6 nitrogen and oxygen atoms in total. The van der Waals surface area contributed by atoms with Gasteiger partial charge in [-0.15, -0.1) is 0 Å². The summed E-state index contributed by atoms with van der Waals surface area (Å²) in [4.78, 5) is 23.2. The normalized spacial score (nSPS) is 21.5. The summed E-state index contributed by atoms with van der Waals surface area (Å²) in [6.45, 7) is 6.80. The minimum atomic E-state index is -0.880. The molecule has 2 aromatic carbocycles. The summed E-state index contributed by atoms with van der Waals surface area (Å²) >= 11 is 12.5. The average molecular weight is 525 g/mol. The van der Waals surface area contributed by atoms with Gasteiger partial charge >= 0.3 is 6.09 Å². The van der Waals surface area contributed by atoms with Crippen LogP contribution in [-0.2, 0) is 6.42 Å². The van der Waals surface area contributed by atoms with E-state index in [-0.39, 0.29) is 23.4 Å². The van der Waals surface area contributed by atoms with Crippen molar-refractivity contribution < 1.29 is 9.90 Å². The maximum Gasteiger partial charge on any atom is 0.407 e. The van der Waals surface area contributed by atoms with Crippen LogP contribution in [0.2, 0.25) is 10.0 Å². The van der Waals surface area contributed by atoms with Crippen molar-refractivity contribution in [2.24, 2.45) is 5.41 Å². The van der Waals surface area contributed by atoms with Crippen LogP contribution in [0.1, 0.15) is 56.2 Å². The minimum absolute atomic E-state index is 0.0734. The zero-order valence-electron chi connectivity index (χ0n) is 20.6. The number of nitrogens with one attached hydrogen (secondary N) is 1. The van der Waals surface area contributed by atoms with Crippen molar-refractivity contribution in [3.8, 4) is 11.3 Å². The van der Waals surface area contributed by atoms with E-state index >= 15 is 0 Å². The van der Waals surface area contributed by atoms with Gasteiger partial charge in [0.2, 0.25) is 5.95 Å². The molecular weight excluding hydrogens is 495 g/mol. The number of halogens is 2. The third-order valence-electron chi connectivity index (χ3n) is 7.30. The molecule has 8 heteroatoms. The molecule has 3 atom stereocenters. The van der Waals surface area contributed by atoms with E-state index in [0.29, 0.717) is 22.5 Å². The number of piperidine rings is 1. The first-order valence-electron chi connectivity index (χ1n) is 12.3. The molecule has 3 aromatic rings. The van der Waals surface area contributed by atoms with Gasteiger partial charge in [0.1, 0.15) is 0 Å². The van der Waals surface area contributed by atoms with E-state index in [1.165, 1.54) is 5.56 Å². The highest BCUT2D eigenvalue weighted by atomic mass is 35.5. The van der Waals surface area contributed by atoms with Crippen LogP contribution < -0.4 is 5.32 Å². The zero-order chi connectivity index (χ0) is 25.6. The molecule has 0 bridgehead atoms. The number of aromatic nitrogens is 2. The highest BCUT2D eigenvalue weighted by molar-refractivity contribution is 6.42. The molecule has 2 N–H and O–H groups in total. The van der Waals surface area contributed by atoms with Crippen LogP contribution in [0.15, 0.2) is 48.7 Å². The number of hydrogen-bond acceptors (Lipinski definition) is 4. The van der Waals surface area contributed by atoms with Gasteiger partial charge in [0, 0.05) is 24.2 Å². The van der Waals surface area contributed by atoms with Crippen LogP contribution in [0.25, 0.3) is 11.3 Å². The lowest BCUT2D eigenvalue weighted by Gasteiger charge is -2.46. The van der Waals surface area contributed by atoms with Crippen molar-refractivity contribution in [1.82, 2.24) is 14.9 Å². The topological polar surface area (TPSA) is 78.4 Å².